The van der Waals surface area contributed by atoms with E-state index < -0.39 is 12.4 Å². The van der Waals surface area contributed by atoms with Crippen LogP contribution in [0.5, 0.6) is 0 Å². The summed E-state index contributed by atoms with van der Waals surface area (Å²) in [7, 11) is 0. The van der Waals surface area contributed by atoms with Crippen LogP contribution in [0.2, 0.25) is 0 Å². The third-order valence-electron chi connectivity index (χ3n) is 2.04. The van der Waals surface area contributed by atoms with Crippen molar-refractivity contribution < 1.29 is 14.7 Å². The Kier molecular flexibility index (Phi) is 3.17. The topological polar surface area (TPSA) is 54.4 Å². The fraction of sp³-hybridized carbons (Fsp3) is 0.0909. The Balaban J connectivity index is 2.20. The Morgan fingerprint density at radius 1 is 1.25 bits per heavy atom. The summed E-state index contributed by atoms with van der Waals surface area (Å²) in [6.45, 7) is 0. The van der Waals surface area contributed by atoms with Gasteiger partial charge in [-0.05, 0) is 39.4 Å². The van der Waals surface area contributed by atoms with Gasteiger partial charge in [-0.3, -0.25) is 9.59 Å². The average molecular weight is 252 g/mol. The second kappa shape index (κ2) is 4.59. The van der Waals surface area contributed by atoms with E-state index in [9.17, 15) is 9.59 Å². The lowest BCUT2D eigenvalue weighted by atomic mass is 10.1. The number of ketones is 1. The van der Waals surface area contributed by atoms with Crippen LogP contribution in [0.15, 0.2) is 28.3 Å². The zero-order valence-electron chi connectivity index (χ0n) is 8.17. The predicted molar refractivity (Wildman–Crippen MR) is 64.2 cm³/mol. The van der Waals surface area contributed by atoms with Crippen LogP contribution in [0.25, 0.3) is 11.1 Å². The van der Waals surface area contributed by atoms with Crippen molar-refractivity contribution in [3.8, 4) is 11.1 Å². The summed E-state index contributed by atoms with van der Waals surface area (Å²) in [6, 6.07) is 3.72. The minimum Gasteiger partial charge on any atom is -0.481 e. The van der Waals surface area contributed by atoms with Crippen LogP contribution < -0.4 is 0 Å². The maximum absolute atomic E-state index is 11.5. The van der Waals surface area contributed by atoms with Crippen molar-refractivity contribution in [2.24, 2.45) is 0 Å². The van der Waals surface area contributed by atoms with E-state index in [-0.39, 0.29) is 5.78 Å². The highest BCUT2D eigenvalue weighted by Gasteiger charge is 2.13. The SMILES string of the molecule is O=C(O)CC(=O)c1cc(-c2ccsc2)cs1. The van der Waals surface area contributed by atoms with E-state index in [4.69, 9.17) is 5.11 Å². The van der Waals surface area contributed by atoms with E-state index in [1.54, 1.807) is 17.4 Å². The lowest BCUT2D eigenvalue weighted by Gasteiger charge is -1.91. The molecule has 3 nitrogen and oxygen atoms in total. The highest BCUT2D eigenvalue weighted by molar-refractivity contribution is 7.12. The number of aliphatic carboxylic acids is 1. The Morgan fingerprint density at radius 2 is 2.06 bits per heavy atom. The molecule has 0 spiro atoms. The molecule has 0 radical (unpaired) electrons. The third-order valence-corrected chi connectivity index (χ3v) is 3.70. The highest BCUT2D eigenvalue weighted by atomic mass is 32.1. The number of thiophene rings is 2. The van der Waals surface area contributed by atoms with Gasteiger partial charge >= 0.3 is 5.97 Å². The number of carboxylic acid groups (broad SMARTS) is 1. The van der Waals surface area contributed by atoms with E-state index in [1.807, 2.05) is 22.2 Å². The van der Waals surface area contributed by atoms with Gasteiger partial charge in [-0.25, -0.2) is 0 Å². The first-order valence-electron chi connectivity index (χ1n) is 4.53. The van der Waals surface area contributed by atoms with Crippen molar-refractivity contribution in [3.63, 3.8) is 0 Å². The van der Waals surface area contributed by atoms with Gasteiger partial charge in [-0.15, -0.1) is 11.3 Å². The summed E-state index contributed by atoms with van der Waals surface area (Å²) in [4.78, 5) is 22.4. The molecule has 0 fully saturated rings. The molecule has 16 heavy (non-hydrogen) atoms. The number of rotatable bonds is 4. The molecule has 1 N–H and O–H groups in total. The molecule has 0 atom stereocenters. The summed E-state index contributed by atoms with van der Waals surface area (Å²) in [5, 5.41) is 14.4. The van der Waals surface area contributed by atoms with E-state index in [0.29, 0.717) is 4.88 Å². The first-order chi connectivity index (χ1) is 7.66. The normalized spacial score (nSPS) is 10.2. The zero-order chi connectivity index (χ0) is 11.5. The van der Waals surface area contributed by atoms with Crippen LogP contribution in [-0.4, -0.2) is 16.9 Å². The van der Waals surface area contributed by atoms with Gasteiger partial charge in [0.2, 0.25) is 0 Å². The molecule has 0 saturated carbocycles. The van der Waals surface area contributed by atoms with Gasteiger partial charge in [0.05, 0.1) is 4.88 Å². The summed E-state index contributed by atoms with van der Waals surface area (Å²) in [5.74, 6) is -1.42. The molecule has 2 rings (SSSR count). The first-order valence-corrected chi connectivity index (χ1v) is 6.35. The predicted octanol–water partition coefficient (Wildman–Crippen LogP) is 3.13. The van der Waals surface area contributed by atoms with Gasteiger partial charge in [0.1, 0.15) is 6.42 Å². The van der Waals surface area contributed by atoms with Gasteiger partial charge < -0.3 is 5.11 Å². The van der Waals surface area contributed by atoms with Crippen molar-refractivity contribution in [2.75, 3.05) is 0 Å². The van der Waals surface area contributed by atoms with Crippen LogP contribution in [0.4, 0.5) is 0 Å². The smallest absolute Gasteiger partial charge is 0.311 e. The van der Waals surface area contributed by atoms with E-state index in [0.717, 1.165) is 11.1 Å². The van der Waals surface area contributed by atoms with Crippen LogP contribution >= 0.6 is 22.7 Å². The van der Waals surface area contributed by atoms with Crippen molar-refractivity contribution in [1.29, 1.82) is 0 Å². The third kappa shape index (κ3) is 2.37. The van der Waals surface area contributed by atoms with Crippen LogP contribution in [0, 0.1) is 0 Å². The number of Topliss-reactive ketones (excluding diaryl/α,β-unsaturated/α-hetero) is 1. The maximum atomic E-state index is 11.5. The van der Waals surface area contributed by atoms with Crippen LogP contribution in [0.3, 0.4) is 0 Å². The van der Waals surface area contributed by atoms with Crippen molar-refractivity contribution in [2.45, 2.75) is 6.42 Å². The average Bonchev–Trinajstić information content (AvgIpc) is 2.87. The van der Waals surface area contributed by atoms with E-state index >= 15 is 0 Å². The molecule has 0 unspecified atom stereocenters. The number of carbonyl (C=O) groups excluding carboxylic acids is 1. The second-order valence-corrected chi connectivity index (χ2v) is 4.90. The molecule has 0 aliphatic carbocycles. The molecule has 2 aromatic rings. The first kappa shape index (κ1) is 11.0. The Hall–Kier alpha value is -1.46. The fourth-order valence-corrected chi connectivity index (χ4v) is 2.81. The van der Waals surface area contributed by atoms with Gasteiger partial charge in [0, 0.05) is 0 Å². The van der Waals surface area contributed by atoms with Crippen LogP contribution in [-0.2, 0) is 4.79 Å². The molecule has 0 aromatic carbocycles. The standard InChI is InChI=1S/C11H8O3S2/c12-9(4-11(13)14)10-3-8(6-16-10)7-1-2-15-5-7/h1-3,5-6H,4H2,(H,13,14). The minimum absolute atomic E-state index is 0.334. The van der Waals surface area contributed by atoms with Gasteiger partial charge in [-0.2, -0.15) is 11.3 Å². The molecule has 0 amide bonds. The molecule has 0 saturated heterocycles. The summed E-state index contributed by atoms with van der Waals surface area (Å²) >= 11 is 2.88. The van der Waals surface area contributed by atoms with Crippen molar-refractivity contribution in [3.05, 3.63) is 33.2 Å². The molecule has 2 aromatic heterocycles. The Morgan fingerprint density at radius 3 is 2.69 bits per heavy atom. The highest BCUT2D eigenvalue weighted by Crippen LogP contribution is 2.27. The fourth-order valence-electron chi connectivity index (χ4n) is 1.29. The van der Waals surface area contributed by atoms with E-state index in [2.05, 4.69) is 0 Å². The molecule has 82 valence electrons. The molecular weight excluding hydrogens is 244 g/mol. The summed E-state index contributed by atoms with van der Waals surface area (Å²) < 4.78 is 0. The molecule has 2 heterocycles. The quantitative estimate of drug-likeness (QED) is 0.672. The zero-order valence-corrected chi connectivity index (χ0v) is 9.81. The monoisotopic (exact) mass is 252 g/mol. The van der Waals surface area contributed by atoms with Gasteiger partial charge in [0.25, 0.3) is 0 Å². The molecule has 0 aliphatic rings. The number of hydrogen-bond donors (Lipinski definition) is 1. The molecule has 0 bridgehead atoms. The second-order valence-electron chi connectivity index (χ2n) is 3.21. The van der Waals surface area contributed by atoms with Gasteiger partial charge in [0.15, 0.2) is 5.78 Å². The Labute approximate surface area is 100.0 Å². The molecular formula is C11H8O3S2. The maximum Gasteiger partial charge on any atom is 0.311 e. The van der Waals surface area contributed by atoms with Crippen molar-refractivity contribution >= 4 is 34.4 Å². The lowest BCUT2D eigenvalue weighted by Crippen LogP contribution is -2.04. The van der Waals surface area contributed by atoms with Crippen molar-refractivity contribution in [1.82, 2.24) is 0 Å². The minimum atomic E-state index is -1.09. The number of carboxylic acids is 1. The van der Waals surface area contributed by atoms with E-state index in [1.165, 1.54) is 11.3 Å². The molecule has 5 heteroatoms. The lowest BCUT2D eigenvalue weighted by molar-refractivity contribution is -0.135. The number of carbonyl (C=O) groups is 2. The van der Waals surface area contributed by atoms with Gasteiger partial charge in [-0.1, -0.05) is 0 Å². The summed E-state index contributed by atoms with van der Waals surface area (Å²) in [6.07, 6.45) is -0.441. The summed E-state index contributed by atoms with van der Waals surface area (Å²) in [5.41, 5.74) is 2.04. The number of hydrogen-bond acceptors (Lipinski definition) is 4. The Bertz CT molecular complexity index is 511. The van der Waals surface area contributed by atoms with Crippen LogP contribution in [0.1, 0.15) is 16.1 Å². The largest absolute Gasteiger partial charge is 0.481 e. The molecule has 0 aliphatic heterocycles.